The summed E-state index contributed by atoms with van der Waals surface area (Å²) in [7, 11) is 0. The van der Waals surface area contributed by atoms with Crippen LogP contribution in [0.5, 0.6) is 0 Å². The second-order valence-corrected chi connectivity index (χ2v) is 8.86. The van der Waals surface area contributed by atoms with E-state index >= 15 is 0 Å². The number of hydrogen-bond acceptors (Lipinski definition) is 1. The van der Waals surface area contributed by atoms with Crippen LogP contribution >= 0.6 is 0 Å². The molecule has 160 valence electrons. The molecule has 0 unspecified atom stereocenters. The van der Waals surface area contributed by atoms with Gasteiger partial charge in [-0.25, -0.2) is 0 Å². The lowest BCUT2D eigenvalue weighted by atomic mass is 9.89. The molecule has 0 saturated carbocycles. The van der Waals surface area contributed by atoms with Gasteiger partial charge in [-0.15, -0.1) is 6.58 Å². The SMILES string of the molecule is C=C(C)CC(C)(C)C.C=C(Nc1ccc(C)c(C)c1)c1c(C)cccc1C.CC. The Morgan fingerprint density at radius 2 is 1.34 bits per heavy atom. The summed E-state index contributed by atoms with van der Waals surface area (Å²) in [5.41, 5.74) is 10.1. The normalized spacial score (nSPS) is 10.1. The lowest BCUT2D eigenvalue weighted by Crippen LogP contribution is -2.03. The molecular weight excluding hydrogens is 350 g/mol. The monoisotopic (exact) mass is 393 g/mol. The van der Waals surface area contributed by atoms with Gasteiger partial charge in [0.05, 0.1) is 0 Å². The number of hydrogen-bond donors (Lipinski definition) is 1. The predicted molar refractivity (Wildman–Crippen MR) is 135 cm³/mol. The zero-order valence-corrected chi connectivity index (χ0v) is 20.6. The van der Waals surface area contributed by atoms with Crippen LogP contribution in [0, 0.1) is 33.1 Å². The van der Waals surface area contributed by atoms with E-state index < -0.39 is 0 Å². The van der Waals surface area contributed by atoms with Crippen molar-refractivity contribution in [3.63, 3.8) is 0 Å². The summed E-state index contributed by atoms with van der Waals surface area (Å²) in [6, 6.07) is 12.7. The van der Waals surface area contributed by atoms with Crippen molar-refractivity contribution in [3.05, 3.63) is 82.9 Å². The van der Waals surface area contributed by atoms with Crippen LogP contribution in [0.15, 0.2) is 55.1 Å². The third-order valence-corrected chi connectivity index (χ3v) is 4.42. The first-order chi connectivity index (χ1) is 13.4. The summed E-state index contributed by atoms with van der Waals surface area (Å²) in [5.74, 6) is 0. The van der Waals surface area contributed by atoms with Crippen molar-refractivity contribution < 1.29 is 0 Å². The third-order valence-electron chi connectivity index (χ3n) is 4.42. The minimum absolute atomic E-state index is 0.422. The summed E-state index contributed by atoms with van der Waals surface area (Å²) >= 11 is 0. The van der Waals surface area contributed by atoms with E-state index in [9.17, 15) is 0 Å². The largest absolute Gasteiger partial charge is 0.355 e. The van der Waals surface area contributed by atoms with Gasteiger partial charge in [-0.1, -0.05) is 71.0 Å². The molecule has 0 aliphatic heterocycles. The lowest BCUT2D eigenvalue weighted by Gasteiger charge is -2.17. The molecule has 0 aromatic heterocycles. The van der Waals surface area contributed by atoms with Crippen LogP contribution in [0.25, 0.3) is 5.70 Å². The maximum absolute atomic E-state index is 4.18. The molecule has 1 nitrogen and oxygen atoms in total. The van der Waals surface area contributed by atoms with Crippen LogP contribution in [0.1, 0.15) is 75.8 Å². The lowest BCUT2D eigenvalue weighted by molar-refractivity contribution is 0.410. The molecule has 2 rings (SSSR count). The highest BCUT2D eigenvalue weighted by Crippen LogP contribution is 2.24. The second kappa shape index (κ2) is 12.3. The van der Waals surface area contributed by atoms with Crippen molar-refractivity contribution in [1.29, 1.82) is 0 Å². The summed E-state index contributed by atoms with van der Waals surface area (Å²) in [5, 5.41) is 3.41. The molecule has 0 fully saturated rings. The molecule has 0 saturated heterocycles. The summed E-state index contributed by atoms with van der Waals surface area (Å²) in [4.78, 5) is 0. The fourth-order valence-corrected chi connectivity index (χ4v) is 3.25. The van der Waals surface area contributed by atoms with Gasteiger partial charge in [0.2, 0.25) is 0 Å². The van der Waals surface area contributed by atoms with E-state index in [4.69, 9.17) is 0 Å². The van der Waals surface area contributed by atoms with E-state index in [-0.39, 0.29) is 0 Å². The van der Waals surface area contributed by atoms with Crippen LogP contribution in [0.4, 0.5) is 5.69 Å². The Morgan fingerprint density at radius 3 is 1.72 bits per heavy atom. The van der Waals surface area contributed by atoms with E-state index in [1.54, 1.807) is 0 Å². The second-order valence-electron chi connectivity index (χ2n) is 8.86. The molecule has 0 heterocycles. The van der Waals surface area contributed by atoms with Crippen LogP contribution in [0.3, 0.4) is 0 Å². The van der Waals surface area contributed by atoms with Gasteiger partial charge in [-0.05, 0) is 80.8 Å². The minimum atomic E-state index is 0.422. The molecule has 2 aromatic rings. The van der Waals surface area contributed by atoms with Crippen molar-refractivity contribution in [1.82, 2.24) is 0 Å². The first-order valence-corrected chi connectivity index (χ1v) is 10.6. The molecular formula is C28H43N. The molecule has 1 heteroatoms. The first kappa shape index (κ1) is 26.7. The van der Waals surface area contributed by atoms with Crippen LogP contribution in [-0.2, 0) is 0 Å². The average Bonchev–Trinajstić information content (AvgIpc) is 2.58. The maximum atomic E-state index is 4.18. The molecule has 0 spiro atoms. The van der Waals surface area contributed by atoms with Gasteiger partial charge in [0.1, 0.15) is 0 Å². The Hall–Kier alpha value is -2.28. The highest BCUT2D eigenvalue weighted by Gasteiger charge is 2.08. The van der Waals surface area contributed by atoms with Gasteiger partial charge in [-0.3, -0.25) is 0 Å². The quantitative estimate of drug-likeness (QED) is 0.511. The van der Waals surface area contributed by atoms with E-state index in [1.165, 1.54) is 33.4 Å². The van der Waals surface area contributed by atoms with Gasteiger partial charge in [0.25, 0.3) is 0 Å². The number of allylic oxidation sites excluding steroid dienone is 1. The number of benzene rings is 2. The Labute approximate surface area is 181 Å². The van der Waals surface area contributed by atoms with Gasteiger partial charge in [-0.2, -0.15) is 0 Å². The van der Waals surface area contributed by atoms with Crippen molar-refractivity contribution in [2.45, 2.75) is 75.7 Å². The molecule has 0 atom stereocenters. The van der Waals surface area contributed by atoms with Gasteiger partial charge < -0.3 is 5.32 Å². The maximum Gasteiger partial charge on any atom is 0.0390 e. The van der Waals surface area contributed by atoms with Crippen molar-refractivity contribution in [2.75, 3.05) is 5.32 Å². The fraction of sp³-hybridized carbons (Fsp3) is 0.429. The molecule has 0 radical (unpaired) electrons. The Kier molecular flexibility index (Phi) is 11.3. The van der Waals surface area contributed by atoms with Gasteiger partial charge in [0, 0.05) is 16.9 Å². The molecule has 1 N–H and O–H groups in total. The number of aryl methyl sites for hydroxylation is 4. The smallest absolute Gasteiger partial charge is 0.0390 e. The van der Waals surface area contributed by atoms with E-state index in [0.29, 0.717) is 5.41 Å². The zero-order valence-electron chi connectivity index (χ0n) is 20.6. The third kappa shape index (κ3) is 10.2. The number of rotatable bonds is 4. The molecule has 29 heavy (non-hydrogen) atoms. The topological polar surface area (TPSA) is 12.0 Å². The highest BCUT2D eigenvalue weighted by molar-refractivity contribution is 5.78. The van der Waals surface area contributed by atoms with Gasteiger partial charge in [0.15, 0.2) is 0 Å². The fourth-order valence-electron chi connectivity index (χ4n) is 3.25. The summed E-state index contributed by atoms with van der Waals surface area (Å²) in [6.07, 6.45) is 1.13. The van der Waals surface area contributed by atoms with E-state index in [2.05, 4.69) is 110 Å². The van der Waals surface area contributed by atoms with Crippen molar-refractivity contribution in [3.8, 4) is 0 Å². The Balaban J connectivity index is 0.000000664. The van der Waals surface area contributed by atoms with Crippen molar-refractivity contribution in [2.24, 2.45) is 5.41 Å². The summed E-state index contributed by atoms with van der Waals surface area (Å²) < 4.78 is 0. The number of nitrogens with one attached hydrogen (secondary N) is 1. The molecule has 0 aliphatic carbocycles. The van der Waals surface area contributed by atoms with E-state index in [1.807, 2.05) is 13.8 Å². The van der Waals surface area contributed by atoms with Gasteiger partial charge >= 0.3 is 0 Å². The van der Waals surface area contributed by atoms with Crippen LogP contribution < -0.4 is 5.32 Å². The summed E-state index contributed by atoms with van der Waals surface area (Å²) in [6.45, 7) is 29.3. The molecule has 0 bridgehead atoms. The minimum Gasteiger partial charge on any atom is -0.355 e. The predicted octanol–water partition coefficient (Wildman–Crippen LogP) is 9.03. The Morgan fingerprint density at radius 1 is 0.828 bits per heavy atom. The van der Waals surface area contributed by atoms with Crippen LogP contribution in [-0.4, -0.2) is 0 Å². The first-order valence-electron chi connectivity index (χ1n) is 10.6. The average molecular weight is 394 g/mol. The zero-order chi connectivity index (χ0) is 22.8. The molecule has 0 aliphatic rings. The molecule has 2 aromatic carbocycles. The number of anilines is 1. The molecule has 0 amide bonds. The van der Waals surface area contributed by atoms with Crippen molar-refractivity contribution >= 4 is 11.4 Å². The highest BCUT2D eigenvalue weighted by atomic mass is 14.9. The van der Waals surface area contributed by atoms with Crippen LogP contribution in [0.2, 0.25) is 0 Å². The van der Waals surface area contributed by atoms with E-state index in [0.717, 1.165) is 17.8 Å². The Bertz CT molecular complexity index is 783. The standard InChI is InChI=1S/C18H21N.C8H16.C2H6/c1-12-9-10-17(11-15(12)4)19-16(5)18-13(2)7-6-8-14(18)3;1-7(2)6-8(3,4)5;1-2/h6-11,19H,5H2,1-4H3;1,6H2,2-5H3;1-2H3.